The van der Waals surface area contributed by atoms with Crippen LogP contribution in [-0.2, 0) is 9.47 Å². The Morgan fingerprint density at radius 1 is 1.05 bits per heavy atom. The predicted octanol–water partition coefficient (Wildman–Crippen LogP) is 4.61. The van der Waals surface area contributed by atoms with Gasteiger partial charge in [-0.15, -0.1) is 11.6 Å². The molecule has 2 aliphatic carbocycles. The molecule has 2 saturated heterocycles. The van der Waals surface area contributed by atoms with Gasteiger partial charge in [-0.05, 0) is 33.1 Å². The Bertz CT molecular complexity index is 496. The van der Waals surface area contributed by atoms with Crippen LogP contribution >= 0.6 is 43.5 Å². The Morgan fingerprint density at radius 3 is 2.30 bits per heavy atom. The second kappa shape index (κ2) is 3.63. The van der Waals surface area contributed by atoms with Crippen LogP contribution < -0.4 is 0 Å². The van der Waals surface area contributed by atoms with Crippen LogP contribution in [0.5, 0.6) is 0 Å². The molecule has 7 atom stereocenters. The normalized spacial score (nSPS) is 66.5. The maximum Gasteiger partial charge on any atom is 0.157 e. The number of alkyl halides is 3. The van der Waals surface area contributed by atoms with Gasteiger partial charge in [-0.3, -0.25) is 0 Å². The molecule has 0 aromatic heterocycles. The lowest BCUT2D eigenvalue weighted by atomic mass is 9.47. The maximum absolute atomic E-state index is 6.68. The van der Waals surface area contributed by atoms with Crippen LogP contribution in [0, 0.1) is 10.8 Å². The minimum Gasteiger partial charge on any atom is -0.363 e. The van der Waals surface area contributed by atoms with Crippen LogP contribution in [-0.4, -0.2) is 32.0 Å². The zero-order valence-corrected chi connectivity index (χ0v) is 16.2. The van der Waals surface area contributed by atoms with Gasteiger partial charge in [-0.1, -0.05) is 45.7 Å². The predicted molar refractivity (Wildman–Crippen MR) is 86.8 cm³/mol. The zero-order valence-electron chi connectivity index (χ0n) is 12.3. The second-order valence-corrected chi connectivity index (χ2v) is 11.1. The van der Waals surface area contributed by atoms with Crippen molar-refractivity contribution in [2.75, 3.05) is 0 Å². The van der Waals surface area contributed by atoms with E-state index in [4.69, 9.17) is 21.1 Å². The van der Waals surface area contributed by atoms with E-state index in [0.717, 1.165) is 19.3 Å². The first kappa shape index (κ1) is 14.7. The number of epoxide rings is 2. The van der Waals surface area contributed by atoms with Crippen LogP contribution in [0.15, 0.2) is 0 Å². The lowest BCUT2D eigenvalue weighted by Crippen LogP contribution is -2.62. The Labute approximate surface area is 142 Å². The first-order valence-corrected chi connectivity index (χ1v) is 9.48. The minimum atomic E-state index is -0.215. The van der Waals surface area contributed by atoms with E-state index >= 15 is 0 Å². The fourth-order valence-corrected chi connectivity index (χ4v) is 6.85. The highest BCUT2D eigenvalue weighted by Crippen LogP contribution is 2.80. The third kappa shape index (κ3) is 1.36. The fraction of sp³-hybridized carbons (Fsp3) is 1.00. The highest BCUT2D eigenvalue weighted by Gasteiger charge is 2.89. The summed E-state index contributed by atoms with van der Waals surface area (Å²) in [5.41, 5.74) is 0.0594. The topological polar surface area (TPSA) is 25.1 Å². The van der Waals surface area contributed by atoms with Gasteiger partial charge in [0.25, 0.3) is 0 Å². The van der Waals surface area contributed by atoms with Gasteiger partial charge in [0.2, 0.25) is 0 Å². The molecule has 2 nitrogen and oxygen atoms in total. The summed E-state index contributed by atoms with van der Waals surface area (Å²) in [6, 6.07) is 0. The zero-order chi connectivity index (χ0) is 14.8. The molecule has 0 unspecified atom stereocenters. The lowest BCUT2D eigenvalue weighted by molar-refractivity contribution is -0.0701. The van der Waals surface area contributed by atoms with Gasteiger partial charge in [0.05, 0.1) is 4.87 Å². The molecule has 0 aromatic rings. The van der Waals surface area contributed by atoms with Crippen LogP contribution in [0.25, 0.3) is 0 Å². The number of hydrogen-bond acceptors (Lipinski definition) is 2. The average molecular weight is 429 g/mol. The van der Waals surface area contributed by atoms with Crippen molar-refractivity contribution in [3.8, 4) is 0 Å². The van der Waals surface area contributed by atoms with Gasteiger partial charge in [0.1, 0.15) is 17.8 Å². The Kier molecular flexibility index (Phi) is 2.68. The van der Waals surface area contributed by atoms with Crippen LogP contribution in [0.4, 0.5) is 0 Å². The van der Waals surface area contributed by atoms with Crippen LogP contribution in [0.2, 0.25) is 0 Å². The molecule has 0 aromatic carbocycles. The van der Waals surface area contributed by atoms with Crippen molar-refractivity contribution in [2.24, 2.45) is 10.8 Å². The smallest absolute Gasteiger partial charge is 0.157 e. The molecule has 4 rings (SSSR count). The van der Waals surface area contributed by atoms with Crippen molar-refractivity contribution in [2.45, 2.75) is 79.0 Å². The molecule has 2 aliphatic heterocycles. The molecule has 114 valence electrons. The third-order valence-electron chi connectivity index (χ3n) is 6.96. The third-order valence-corrected chi connectivity index (χ3v) is 10.6. The quantitative estimate of drug-likeness (QED) is 0.416. The standard InChI is InChI=1S/C15H21Br2ClO2/c1-11(2)14(6-5-12(3,18)8(16)7-14)13(4)9(19-13)10-15(11,17)20-10/h8-10H,5-7H2,1-4H3/t8-,9+,10+,12-,13+,14+,15+/m0/s1. The minimum absolute atomic E-state index is 0.0197. The molecule has 4 aliphatic rings. The Morgan fingerprint density at radius 2 is 1.70 bits per heavy atom. The molecular weight excluding hydrogens is 407 g/mol. The molecule has 2 heterocycles. The van der Waals surface area contributed by atoms with Crippen LogP contribution in [0.3, 0.4) is 0 Å². The molecule has 0 N–H and O–H groups in total. The van der Waals surface area contributed by atoms with Crippen molar-refractivity contribution in [3.63, 3.8) is 0 Å². The van der Waals surface area contributed by atoms with E-state index < -0.39 is 0 Å². The molecule has 2 saturated carbocycles. The number of rotatable bonds is 0. The molecule has 20 heavy (non-hydrogen) atoms. The van der Waals surface area contributed by atoms with Gasteiger partial charge in [-0.2, -0.15) is 0 Å². The number of fused-ring (bicyclic) bond motifs is 4. The second-order valence-electron chi connectivity index (χ2n) is 7.99. The first-order valence-electron chi connectivity index (χ1n) is 7.39. The van der Waals surface area contributed by atoms with Crippen LogP contribution in [0.1, 0.15) is 47.0 Å². The van der Waals surface area contributed by atoms with Gasteiger partial charge in [0, 0.05) is 15.7 Å². The summed E-state index contributed by atoms with van der Waals surface area (Å²) < 4.78 is 12.1. The van der Waals surface area contributed by atoms with Crippen molar-refractivity contribution in [3.05, 3.63) is 0 Å². The summed E-state index contributed by atoms with van der Waals surface area (Å²) in [6.45, 7) is 9.10. The van der Waals surface area contributed by atoms with Crippen molar-refractivity contribution in [1.29, 1.82) is 0 Å². The monoisotopic (exact) mass is 426 g/mol. The molecule has 0 bridgehead atoms. The van der Waals surface area contributed by atoms with Crippen molar-refractivity contribution < 1.29 is 9.47 Å². The number of halogens is 3. The highest BCUT2D eigenvalue weighted by atomic mass is 79.9. The van der Waals surface area contributed by atoms with E-state index in [9.17, 15) is 0 Å². The SMILES string of the molecule is CC1(C)[C@]2(CC[C@](C)(Cl)[C@@H](Br)C2)[C@]2(C)O[C@@H]2[C@H]2O[C@]21Br. The molecule has 0 amide bonds. The Hall–Kier alpha value is 1.17. The van der Waals surface area contributed by atoms with E-state index in [1.807, 2.05) is 0 Å². The van der Waals surface area contributed by atoms with Crippen molar-refractivity contribution in [1.82, 2.24) is 0 Å². The summed E-state index contributed by atoms with van der Waals surface area (Å²) in [4.78, 5) is 0.140. The van der Waals surface area contributed by atoms with Gasteiger partial charge < -0.3 is 9.47 Å². The summed E-state index contributed by atoms with van der Waals surface area (Å²) >= 11 is 14.4. The van der Waals surface area contributed by atoms with E-state index in [-0.39, 0.29) is 38.0 Å². The van der Waals surface area contributed by atoms with E-state index in [1.165, 1.54) is 0 Å². The molecule has 1 spiro atoms. The Balaban J connectivity index is 1.80. The highest BCUT2D eigenvalue weighted by molar-refractivity contribution is 9.10. The average Bonchev–Trinajstić information content (AvgIpc) is 3.19. The van der Waals surface area contributed by atoms with Gasteiger partial charge >= 0.3 is 0 Å². The van der Waals surface area contributed by atoms with E-state index in [1.54, 1.807) is 0 Å². The fourth-order valence-electron chi connectivity index (χ4n) is 5.08. The number of hydrogen-bond donors (Lipinski definition) is 0. The first-order chi connectivity index (χ1) is 9.02. The largest absolute Gasteiger partial charge is 0.363 e. The summed E-state index contributed by atoms with van der Waals surface area (Å²) in [5.74, 6) is 0. The molecule has 0 radical (unpaired) electrons. The summed E-state index contributed by atoms with van der Waals surface area (Å²) in [7, 11) is 0. The maximum atomic E-state index is 6.68. The van der Waals surface area contributed by atoms with E-state index in [2.05, 4.69) is 59.6 Å². The summed E-state index contributed by atoms with van der Waals surface area (Å²) in [5, 5.41) is 0. The van der Waals surface area contributed by atoms with Gasteiger partial charge in [0.15, 0.2) is 4.51 Å². The number of ether oxygens (including phenoxy) is 2. The molecular formula is C15H21Br2ClO2. The summed E-state index contributed by atoms with van der Waals surface area (Å²) in [6.07, 6.45) is 3.60. The lowest BCUT2D eigenvalue weighted by Gasteiger charge is -2.58. The molecule has 5 heteroatoms. The molecule has 4 fully saturated rings. The van der Waals surface area contributed by atoms with Crippen molar-refractivity contribution >= 4 is 43.5 Å². The van der Waals surface area contributed by atoms with E-state index in [0.29, 0.717) is 4.83 Å². The van der Waals surface area contributed by atoms with Gasteiger partial charge in [-0.25, -0.2) is 0 Å².